The molecule has 3 aromatic rings. The molecule has 0 bridgehead atoms. The molecular formula is C25H19F5. The maximum absolute atomic E-state index is 14.7. The van der Waals surface area contributed by atoms with Gasteiger partial charge in [-0.25, -0.2) is 22.0 Å². The first-order valence-corrected chi connectivity index (χ1v) is 9.84. The molecular weight excluding hydrogens is 395 g/mol. The van der Waals surface area contributed by atoms with Gasteiger partial charge in [-0.2, -0.15) is 0 Å². The van der Waals surface area contributed by atoms with E-state index < -0.39 is 29.1 Å². The van der Waals surface area contributed by atoms with Gasteiger partial charge >= 0.3 is 0 Å². The van der Waals surface area contributed by atoms with E-state index >= 15 is 0 Å². The molecule has 0 amide bonds. The fourth-order valence-corrected chi connectivity index (χ4v) is 3.96. The van der Waals surface area contributed by atoms with Crippen LogP contribution >= 0.6 is 0 Å². The summed E-state index contributed by atoms with van der Waals surface area (Å²) in [4.78, 5) is 0. The first kappa shape index (κ1) is 20.3. The van der Waals surface area contributed by atoms with Crippen LogP contribution in [0.1, 0.15) is 42.0 Å². The van der Waals surface area contributed by atoms with Crippen LogP contribution in [0.3, 0.4) is 0 Å². The van der Waals surface area contributed by atoms with Crippen molar-refractivity contribution in [3.8, 4) is 11.1 Å². The van der Waals surface area contributed by atoms with Gasteiger partial charge < -0.3 is 0 Å². The standard InChI is InChI=1S/C25H19F5/c1-2-3-14-8-23(29)25(24(30)9-14)17-5-4-15-11-19(21(27)13-18(15)10-17)16-6-7-20(26)22(28)12-16/h6-13H,2-5H2,1H3. The molecule has 154 valence electrons. The number of allylic oxidation sites excluding steroid dienone is 1. The van der Waals surface area contributed by atoms with Crippen molar-refractivity contribution in [2.45, 2.75) is 32.6 Å². The lowest BCUT2D eigenvalue weighted by Gasteiger charge is -2.20. The van der Waals surface area contributed by atoms with Crippen molar-refractivity contribution in [2.75, 3.05) is 0 Å². The van der Waals surface area contributed by atoms with Gasteiger partial charge in [-0.05, 0) is 83.5 Å². The number of hydrogen-bond donors (Lipinski definition) is 0. The zero-order valence-electron chi connectivity index (χ0n) is 16.3. The molecule has 0 atom stereocenters. The summed E-state index contributed by atoms with van der Waals surface area (Å²) in [6.07, 6.45) is 3.81. The Morgan fingerprint density at radius 2 is 1.47 bits per heavy atom. The summed E-state index contributed by atoms with van der Waals surface area (Å²) in [6, 6.07) is 8.78. The molecule has 0 saturated carbocycles. The topological polar surface area (TPSA) is 0 Å². The molecule has 0 unspecified atom stereocenters. The molecule has 0 radical (unpaired) electrons. The Balaban J connectivity index is 1.74. The molecule has 30 heavy (non-hydrogen) atoms. The van der Waals surface area contributed by atoms with Crippen molar-refractivity contribution in [2.24, 2.45) is 0 Å². The summed E-state index contributed by atoms with van der Waals surface area (Å²) in [5.74, 6) is -3.90. The monoisotopic (exact) mass is 414 g/mol. The van der Waals surface area contributed by atoms with Crippen LogP contribution in [-0.2, 0) is 12.8 Å². The van der Waals surface area contributed by atoms with Gasteiger partial charge in [0.15, 0.2) is 11.6 Å². The second-order valence-electron chi connectivity index (χ2n) is 7.51. The number of aryl methyl sites for hydroxylation is 2. The molecule has 1 aliphatic carbocycles. The Kier molecular flexibility index (Phi) is 5.46. The smallest absolute Gasteiger partial charge is 0.159 e. The molecule has 1 aliphatic rings. The zero-order chi connectivity index (χ0) is 21.4. The van der Waals surface area contributed by atoms with E-state index in [0.29, 0.717) is 36.0 Å². The maximum atomic E-state index is 14.7. The van der Waals surface area contributed by atoms with E-state index in [2.05, 4.69) is 0 Å². The Labute approximate surface area is 171 Å². The van der Waals surface area contributed by atoms with Crippen molar-refractivity contribution in [1.82, 2.24) is 0 Å². The van der Waals surface area contributed by atoms with Crippen molar-refractivity contribution < 1.29 is 22.0 Å². The number of fused-ring (bicyclic) bond motifs is 1. The Morgan fingerprint density at radius 1 is 0.733 bits per heavy atom. The minimum absolute atomic E-state index is 0.0782. The summed E-state index contributed by atoms with van der Waals surface area (Å²) in [5.41, 5.74) is 2.69. The predicted molar refractivity (Wildman–Crippen MR) is 108 cm³/mol. The third kappa shape index (κ3) is 3.76. The highest BCUT2D eigenvalue weighted by atomic mass is 19.2. The minimum Gasteiger partial charge on any atom is -0.206 e. The van der Waals surface area contributed by atoms with Crippen molar-refractivity contribution in [3.05, 3.63) is 93.8 Å². The van der Waals surface area contributed by atoms with E-state index in [1.165, 1.54) is 24.3 Å². The van der Waals surface area contributed by atoms with E-state index in [-0.39, 0.29) is 16.7 Å². The molecule has 5 heteroatoms. The van der Waals surface area contributed by atoms with Gasteiger partial charge in [0.2, 0.25) is 0 Å². The molecule has 0 nitrogen and oxygen atoms in total. The van der Waals surface area contributed by atoms with Gasteiger partial charge in [-0.15, -0.1) is 0 Å². The molecule has 0 saturated heterocycles. The highest BCUT2D eigenvalue weighted by molar-refractivity contribution is 5.86. The van der Waals surface area contributed by atoms with Crippen LogP contribution in [0.25, 0.3) is 22.8 Å². The summed E-state index contributed by atoms with van der Waals surface area (Å²) in [5, 5.41) is 0. The third-order valence-corrected chi connectivity index (χ3v) is 5.41. The lowest BCUT2D eigenvalue weighted by Crippen LogP contribution is -2.05. The molecule has 0 fully saturated rings. The maximum Gasteiger partial charge on any atom is 0.159 e. The van der Waals surface area contributed by atoms with Crippen molar-refractivity contribution >= 4 is 11.6 Å². The van der Waals surface area contributed by atoms with E-state index in [0.717, 1.165) is 24.1 Å². The number of halogens is 5. The largest absolute Gasteiger partial charge is 0.206 e. The molecule has 3 aromatic carbocycles. The van der Waals surface area contributed by atoms with Gasteiger partial charge in [0.05, 0.1) is 0 Å². The normalized spacial score (nSPS) is 13.2. The van der Waals surface area contributed by atoms with Gasteiger partial charge in [0.1, 0.15) is 17.5 Å². The first-order chi connectivity index (χ1) is 14.4. The second-order valence-corrected chi connectivity index (χ2v) is 7.51. The zero-order valence-corrected chi connectivity index (χ0v) is 16.3. The number of rotatable bonds is 4. The van der Waals surface area contributed by atoms with Crippen molar-refractivity contribution in [3.63, 3.8) is 0 Å². The molecule has 0 aliphatic heterocycles. The summed E-state index contributed by atoms with van der Waals surface area (Å²) < 4.78 is 70.7. The summed E-state index contributed by atoms with van der Waals surface area (Å²) in [7, 11) is 0. The lowest BCUT2D eigenvalue weighted by atomic mass is 9.86. The lowest BCUT2D eigenvalue weighted by molar-refractivity contribution is 0.509. The third-order valence-electron chi connectivity index (χ3n) is 5.41. The van der Waals surface area contributed by atoms with Crippen LogP contribution in [0.2, 0.25) is 0 Å². The fraction of sp³-hybridized carbons (Fsp3) is 0.200. The minimum atomic E-state index is -1.05. The highest BCUT2D eigenvalue weighted by Crippen LogP contribution is 2.36. The van der Waals surface area contributed by atoms with E-state index in [9.17, 15) is 22.0 Å². The summed E-state index contributed by atoms with van der Waals surface area (Å²) >= 11 is 0. The average molecular weight is 414 g/mol. The summed E-state index contributed by atoms with van der Waals surface area (Å²) in [6.45, 7) is 1.94. The Morgan fingerprint density at radius 3 is 2.13 bits per heavy atom. The van der Waals surface area contributed by atoms with E-state index in [1.807, 2.05) is 6.92 Å². The SMILES string of the molecule is CCCc1cc(F)c(C2=Cc3cc(F)c(-c4ccc(F)c(F)c4)cc3CC2)c(F)c1. The van der Waals surface area contributed by atoms with E-state index in [1.54, 1.807) is 12.1 Å². The van der Waals surface area contributed by atoms with Crippen LogP contribution in [0.4, 0.5) is 22.0 Å². The van der Waals surface area contributed by atoms with Crippen LogP contribution < -0.4 is 0 Å². The molecule has 4 rings (SSSR count). The second kappa shape index (κ2) is 8.05. The van der Waals surface area contributed by atoms with Gasteiger partial charge in [-0.3, -0.25) is 0 Å². The Hall–Kier alpha value is -2.95. The molecule has 0 N–H and O–H groups in total. The van der Waals surface area contributed by atoms with Gasteiger partial charge in [0.25, 0.3) is 0 Å². The van der Waals surface area contributed by atoms with Crippen LogP contribution in [0.5, 0.6) is 0 Å². The van der Waals surface area contributed by atoms with Crippen LogP contribution in [0.15, 0.2) is 42.5 Å². The molecule has 0 heterocycles. The molecule has 0 aromatic heterocycles. The number of benzene rings is 3. The fourth-order valence-electron chi connectivity index (χ4n) is 3.96. The van der Waals surface area contributed by atoms with Crippen LogP contribution in [-0.4, -0.2) is 0 Å². The highest BCUT2D eigenvalue weighted by Gasteiger charge is 2.21. The Bertz CT molecular complexity index is 1140. The quantitative estimate of drug-likeness (QED) is 0.388. The van der Waals surface area contributed by atoms with Gasteiger partial charge in [0, 0.05) is 11.1 Å². The predicted octanol–water partition coefficient (Wildman–Crippen LogP) is 7.49. The first-order valence-electron chi connectivity index (χ1n) is 9.84. The van der Waals surface area contributed by atoms with Crippen molar-refractivity contribution in [1.29, 1.82) is 0 Å². The van der Waals surface area contributed by atoms with Crippen LogP contribution in [0, 0.1) is 29.1 Å². The molecule has 0 spiro atoms. The number of hydrogen-bond acceptors (Lipinski definition) is 0. The van der Waals surface area contributed by atoms with E-state index in [4.69, 9.17) is 0 Å². The van der Waals surface area contributed by atoms with Gasteiger partial charge in [-0.1, -0.05) is 25.5 Å². The average Bonchev–Trinajstić information content (AvgIpc) is 2.69.